The Hall–Kier alpha value is -0.610. The van der Waals surface area contributed by atoms with E-state index in [2.05, 4.69) is 19.2 Å². The normalized spacial score (nSPS) is 38.2. The lowest BCUT2D eigenvalue weighted by Gasteiger charge is -2.51. The third kappa shape index (κ3) is 2.54. The van der Waals surface area contributed by atoms with E-state index in [1.165, 1.54) is 0 Å². The minimum absolute atomic E-state index is 0.0480. The fraction of sp³-hybridized carbons (Fsp3) is 0.929. The fourth-order valence-electron chi connectivity index (χ4n) is 3.16. The lowest BCUT2D eigenvalue weighted by Crippen LogP contribution is -2.62. The van der Waals surface area contributed by atoms with Crippen LogP contribution >= 0.6 is 0 Å². The Morgan fingerprint density at radius 3 is 2.61 bits per heavy atom. The molecule has 0 heterocycles. The maximum absolute atomic E-state index is 12.1. The summed E-state index contributed by atoms with van der Waals surface area (Å²) in [5, 5.41) is 3.18. The first kappa shape index (κ1) is 13.8. The second-order valence-electron chi connectivity index (χ2n) is 6.33. The van der Waals surface area contributed by atoms with Crippen molar-refractivity contribution in [1.29, 1.82) is 0 Å². The molecule has 2 aliphatic rings. The van der Waals surface area contributed by atoms with Gasteiger partial charge < -0.3 is 15.8 Å². The molecular formula is C14H26N2O2. The van der Waals surface area contributed by atoms with Gasteiger partial charge in [0.05, 0.1) is 6.10 Å². The minimum atomic E-state index is 0.0480. The van der Waals surface area contributed by atoms with Crippen LogP contribution in [0.4, 0.5) is 0 Å². The van der Waals surface area contributed by atoms with Crippen molar-refractivity contribution in [2.75, 3.05) is 6.61 Å². The third-order valence-corrected chi connectivity index (χ3v) is 4.71. The largest absolute Gasteiger partial charge is 0.378 e. The van der Waals surface area contributed by atoms with E-state index < -0.39 is 0 Å². The summed E-state index contributed by atoms with van der Waals surface area (Å²) in [6.07, 6.45) is 3.97. The van der Waals surface area contributed by atoms with Crippen LogP contribution in [-0.4, -0.2) is 30.7 Å². The average Bonchev–Trinajstić information content (AvgIpc) is 2.74. The van der Waals surface area contributed by atoms with Gasteiger partial charge in [-0.2, -0.15) is 0 Å². The molecule has 1 amide bonds. The van der Waals surface area contributed by atoms with E-state index in [4.69, 9.17) is 10.5 Å². The number of amides is 1. The second kappa shape index (κ2) is 5.17. The Kier molecular flexibility index (Phi) is 3.97. The predicted molar refractivity (Wildman–Crippen MR) is 71.1 cm³/mol. The molecule has 4 nitrogen and oxygen atoms in total. The van der Waals surface area contributed by atoms with Crippen molar-refractivity contribution < 1.29 is 9.53 Å². The molecule has 0 spiro atoms. The highest BCUT2D eigenvalue weighted by molar-refractivity contribution is 5.79. The molecule has 104 valence electrons. The van der Waals surface area contributed by atoms with Crippen LogP contribution in [0.2, 0.25) is 0 Å². The van der Waals surface area contributed by atoms with Crippen LogP contribution in [0.25, 0.3) is 0 Å². The number of ether oxygens (including phenoxy) is 1. The van der Waals surface area contributed by atoms with Gasteiger partial charge in [-0.25, -0.2) is 0 Å². The molecule has 2 rings (SSSR count). The third-order valence-electron chi connectivity index (χ3n) is 4.71. The van der Waals surface area contributed by atoms with Crippen LogP contribution in [0.5, 0.6) is 0 Å². The first-order valence-electron chi connectivity index (χ1n) is 7.12. The summed E-state index contributed by atoms with van der Waals surface area (Å²) in [5.41, 5.74) is 5.90. The Morgan fingerprint density at radius 1 is 1.39 bits per heavy atom. The van der Waals surface area contributed by atoms with Gasteiger partial charge >= 0.3 is 0 Å². The molecule has 2 fully saturated rings. The Bertz CT molecular complexity index is 317. The monoisotopic (exact) mass is 254 g/mol. The summed E-state index contributed by atoms with van der Waals surface area (Å²) in [6.45, 7) is 7.10. The van der Waals surface area contributed by atoms with E-state index in [1.54, 1.807) is 0 Å². The number of hydrogen-bond donors (Lipinski definition) is 2. The van der Waals surface area contributed by atoms with Crippen LogP contribution in [0.15, 0.2) is 0 Å². The van der Waals surface area contributed by atoms with Gasteiger partial charge in [0.15, 0.2) is 0 Å². The summed E-state index contributed by atoms with van der Waals surface area (Å²) < 4.78 is 5.68. The Labute approximate surface area is 110 Å². The van der Waals surface area contributed by atoms with Gasteiger partial charge in [0.1, 0.15) is 0 Å². The lowest BCUT2D eigenvalue weighted by atomic mass is 9.64. The summed E-state index contributed by atoms with van der Waals surface area (Å²) in [4.78, 5) is 12.1. The molecule has 0 aromatic rings. The topological polar surface area (TPSA) is 64.3 Å². The van der Waals surface area contributed by atoms with E-state index in [0.29, 0.717) is 0 Å². The first-order chi connectivity index (χ1) is 8.45. The van der Waals surface area contributed by atoms with Gasteiger partial charge in [0.25, 0.3) is 0 Å². The highest BCUT2D eigenvalue weighted by Crippen LogP contribution is 2.43. The number of hydrogen-bond acceptors (Lipinski definition) is 3. The molecule has 4 atom stereocenters. The standard InChI is InChI=1S/C14H26N2O2/c1-4-18-12-8-11(14(12,2)3)16-13(17)9-5-6-10(15)7-9/h9-12H,4-8,15H2,1-3H3,(H,16,17). The number of nitrogens with one attached hydrogen (secondary N) is 1. The molecule has 4 heteroatoms. The van der Waals surface area contributed by atoms with Gasteiger partial charge in [-0.1, -0.05) is 13.8 Å². The van der Waals surface area contributed by atoms with Gasteiger partial charge in [-0.15, -0.1) is 0 Å². The summed E-state index contributed by atoms with van der Waals surface area (Å²) in [7, 11) is 0. The van der Waals surface area contributed by atoms with E-state index in [9.17, 15) is 4.79 Å². The number of carbonyl (C=O) groups is 1. The predicted octanol–water partition coefficient (Wildman–Crippen LogP) is 1.43. The molecule has 3 N–H and O–H groups in total. The summed E-state index contributed by atoms with van der Waals surface area (Å²) >= 11 is 0. The van der Waals surface area contributed by atoms with E-state index in [1.807, 2.05) is 6.92 Å². The lowest BCUT2D eigenvalue weighted by molar-refractivity contribution is -0.139. The maximum atomic E-state index is 12.1. The average molecular weight is 254 g/mol. The SMILES string of the molecule is CCOC1CC(NC(=O)C2CCC(N)C2)C1(C)C. The molecule has 4 unspecified atom stereocenters. The van der Waals surface area contributed by atoms with Crippen LogP contribution in [-0.2, 0) is 9.53 Å². The molecular weight excluding hydrogens is 228 g/mol. The Balaban J connectivity index is 1.82. The molecule has 0 aromatic heterocycles. The molecule has 2 aliphatic carbocycles. The van der Waals surface area contributed by atoms with Crippen molar-refractivity contribution in [3.05, 3.63) is 0 Å². The molecule has 0 aromatic carbocycles. The fourth-order valence-corrected chi connectivity index (χ4v) is 3.16. The second-order valence-corrected chi connectivity index (χ2v) is 6.33. The molecule has 0 saturated heterocycles. The molecule has 0 aliphatic heterocycles. The van der Waals surface area contributed by atoms with Crippen LogP contribution < -0.4 is 11.1 Å². The number of rotatable bonds is 4. The van der Waals surface area contributed by atoms with Crippen molar-refractivity contribution in [2.45, 2.75) is 64.6 Å². The van der Waals surface area contributed by atoms with E-state index in [-0.39, 0.29) is 35.4 Å². The zero-order chi connectivity index (χ0) is 13.3. The van der Waals surface area contributed by atoms with Gasteiger partial charge in [-0.05, 0) is 32.6 Å². The van der Waals surface area contributed by atoms with Crippen LogP contribution in [0, 0.1) is 11.3 Å². The first-order valence-corrected chi connectivity index (χ1v) is 7.12. The highest BCUT2D eigenvalue weighted by Gasteiger charge is 2.50. The van der Waals surface area contributed by atoms with E-state index >= 15 is 0 Å². The van der Waals surface area contributed by atoms with Crippen molar-refractivity contribution in [3.8, 4) is 0 Å². The molecule has 0 radical (unpaired) electrons. The highest BCUT2D eigenvalue weighted by atomic mass is 16.5. The molecule has 2 saturated carbocycles. The molecule has 18 heavy (non-hydrogen) atoms. The van der Waals surface area contributed by atoms with E-state index in [0.717, 1.165) is 32.3 Å². The minimum Gasteiger partial charge on any atom is -0.378 e. The van der Waals surface area contributed by atoms with Gasteiger partial charge in [-0.3, -0.25) is 4.79 Å². The van der Waals surface area contributed by atoms with Gasteiger partial charge in [0, 0.05) is 30.0 Å². The quantitative estimate of drug-likeness (QED) is 0.798. The Morgan fingerprint density at radius 2 is 2.11 bits per heavy atom. The van der Waals surface area contributed by atoms with Crippen molar-refractivity contribution in [3.63, 3.8) is 0 Å². The van der Waals surface area contributed by atoms with Crippen LogP contribution in [0.3, 0.4) is 0 Å². The zero-order valence-electron chi connectivity index (χ0n) is 11.7. The van der Waals surface area contributed by atoms with Crippen molar-refractivity contribution >= 4 is 5.91 Å². The smallest absolute Gasteiger partial charge is 0.223 e. The van der Waals surface area contributed by atoms with Crippen LogP contribution in [0.1, 0.15) is 46.5 Å². The molecule has 0 bridgehead atoms. The maximum Gasteiger partial charge on any atom is 0.223 e. The van der Waals surface area contributed by atoms with Crippen molar-refractivity contribution in [1.82, 2.24) is 5.32 Å². The zero-order valence-corrected chi connectivity index (χ0v) is 11.7. The number of nitrogens with two attached hydrogens (primary N) is 1. The summed E-state index contributed by atoms with van der Waals surface area (Å²) in [5.74, 6) is 0.318. The number of carbonyl (C=O) groups excluding carboxylic acids is 1. The summed E-state index contributed by atoms with van der Waals surface area (Å²) in [6, 6.07) is 0.463. The van der Waals surface area contributed by atoms with Gasteiger partial charge in [0.2, 0.25) is 5.91 Å². The van der Waals surface area contributed by atoms with Crippen molar-refractivity contribution in [2.24, 2.45) is 17.1 Å².